The first-order valence-corrected chi connectivity index (χ1v) is 13.1. The largest absolute Gasteiger partial charge is 0.392 e. The van der Waals surface area contributed by atoms with Crippen molar-refractivity contribution in [3.63, 3.8) is 0 Å². The smallest absolute Gasteiger partial charge is 0.224 e. The third kappa shape index (κ3) is 5.41. The van der Waals surface area contributed by atoms with Crippen molar-refractivity contribution >= 4 is 21.4 Å². The molecule has 1 aliphatic rings. The van der Waals surface area contributed by atoms with Crippen LogP contribution in [0.4, 0.5) is 5.69 Å². The number of sulfone groups is 1. The molecule has 0 saturated carbocycles. The van der Waals surface area contributed by atoms with Crippen molar-refractivity contribution < 1.29 is 18.3 Å². The predicted octanol–water partition coefficient (Wildman–Crippen LogP) is 5.21. The maximum absolute atomic E-state index is 13.1. The molecule has 174 valence electrons. The lowest BCUT2D eigenvalue weighted by molar-refractivity contribution is -0.116. The van der Waals surface area contributed by atoms with Crippen LogP contribution in [0.1, 0.15) is 75.5 Å². The van der Waals surface area contributed by atoms with E-state index in [1.165, 1.54) is 0 Å². The summed E-state index contributed by atoms with van der Waals surface area (Å²) >= 11 is 0. The molecule has 32 heavy (non-hydrogen) atoms. The Bertz CT molecular complexity index is 1070. The second-order valence-corrected chi connectivity index (χ2v) is 11.7. The van der Waals surface area contributed by atoms with Crippen LogP contribution >= 0.6 is 0 Å². The van der Waals surface area contributed by atoms with E-state index in [1.807, 2.05) is 37.3 Å². The monoisotopic (exact) mass is 457 g/mol. The summed E-state index contributed by atoms with van der Waals surface area (Å²) in [5.74, 6) is -0.667. The summed E-state index contributed by atoms with van der Waals surface area (Å²) in [4.78, 5) is 12.7. The molecule has 2 atom stereocenters. The van der Waals surface area contributed by atoms with Gasteiger partial charge in [0.2, 0.25) is 5.91 Å². The van der Waals surface area contributed by atoms with E-state index in [9.17, 15) is 18.3 Å². The van der Waals surface area contributed by atoms with Gasteiger partial charge >= 0.3 is 0 Å². The Hall–Kier alpha value is -2.18. The fourth-order valence-corrected chi connectivity index (χ4v) is 6.70. The van der Waals surface area contributed by atoms with Gasteiger partial charge < -0.3 is 10.4 Å². The Labute approximate surface area is 192 Å². The van der Waals surface area contributed by atoms with E-state index in [1.54, 1.807) is 26.0 Å². The number of carbonyl (C=O) groups excluding carboxylic acids is 1. The lowest BCUT2D eigenvalue weighted by Gasteiger charge is -2.33. The fourth-order valence-electron chi connectivity index (χ4n) is 4.58. The average molecular weight is 458 g/mol. The number of aliphatic hydroxyl groups is 1. The molecule has 2 N–H and O–H groups in total. The first-order valence-electron chi connectivity index (χ1n) is 11.5. The minimum Gasteiger partial charge on any atom is -0.392 e. The SMILES string of the molecule is CCCCCCC(=O)Nc1cccc([C@@H]2c3cc(C)ccc3S(=O)(=O)CC(C)(C)[C@@H]2O)c1. The van der Waals surface area contributed by atoms with Crippen molar-refractivity contribution in [2.24, 2.45) is 5.41 Å². The van der Waals surface area contributed by atoms with Gasteiger partial charge in [0.15, 0.2) is 9.84 Å². The second-order valence-electron chi connectivity index (χ2n) is 9.70. The number of unbranched alkanes of at least 4 members (excludes halogenated alkanes) is 3. The molecule has 1 amide bonds. The molecule has 0 aliphatic carbocycles. The molecule has 0 bridgehead atoms. The van der Waals surface area contributed by atoms with Gasteiger partial charge in [0.1, 0.15) is 0 Å². The molecular weight excluding hydrogens is 422 g/mol. The number of aliphatic hydroxyl groups excluding tert-OH is 1. The van der Waals surface area contributed by atoms with E-state index in [-0.39, 0.29) is 16.6 Å². The van der Waals surface area contributed by atoms with E-state index in [2.05, 4.69) is 12.2 Å². The Morgan fingerprint density at radius 3 is 2.59 bits per heavy atom. The molecule has 0 radical (unpaired) electrons. The van der Waals surface area contributed by atoms with E-state index in [0.29, 0.717) is 17.7 Å². The summed E-state index contributed by atoms with van der Waals surface area (Å²) in [6.07, 6.45) is 3.72. The van der Waals surface area contributed by atoms with Gasteiger partial charge in [-0.2, -0.15) is 0 Å². The molecule has 0 unspecified atom stereocenters. The van der Waals surface area contributed by atoms with Crippen LogP contribution in [-0.4, -0.2) is 31.3 Å². The normalized spacial score (nSPS) is 21.4. The van der Waals surface area contributed by atoms with Crippen LogP contribution in [0.5, 0.6) is 0 Å². The Morgan fingerprint density at radius 1 is 1.12 bits per heavy atom. The molecule has 0 saturated heterocycles. The number of nitrogens with one attached hydrogen (secondary N) is 1. The molecule has 6 heteroatoms. The lowest BCUT2D eigenvalue weighted by Crippen LogP contribution is -2.38. The number of benzene rings is 2. The number of carbonyl (C=O) groups is 1. The Kier molecular flexibility index (Phi) is 7.46. The first kappa shape index (κ1) is 24.5. The van der Waals surface area contributed by atoms with Gasteiger partial charge in [0, 0.05) is 23.4 Å². The molecule has 1 aliphatic heterocycles. The van der Waals surface area contributed by atoms with E-state index < -0.39 is 27.3 Å². The minimum atomic E-state index is -3.55. The lowest BCUT2D eigenvalue weighted by atomic mass is 9.75. The van der Waals surface area contributed by atoms with Gasteiger partial charge in [-0.3, -0.25) is 4.79 Å². The van der Waals surface area contributed by atoms with Gasteiger partial charge in [0.05, 0.1) is 16.8 Å². The van der Waals surface area contributed by atoms with Crippen LogP contribution in [0, 0.1) is 12.3 Å². The summed E-state index contributed by atoms with van der Waals surface area (Å²) in [5.41, 5.74) is 2.17. The zero-order chi connectivity index (χ0) is 23.5. The standard InChI is InChI=1S/C26H35NO4S/c1-5-6-7-8-12-23(28)27-20-11-9-10-19(16-20)24-21-15-18(2)13-14-22(21)32(30,31)17-26(3,4)25(24)29/h9-11,13-16,24-25,29H,5-8,12,17H2,1-4H3,(H,27,28)/t24-,25-/m1/s1. The molecule has 0 aromatic heterocycles. The van der Waals surface area contributed by atoms with Gasteiger partial charge in [-0.15, -0.1) is 0 Å². The molecule has 2 aromatic rings. The van der Waals surface area contributed by atoms with Crippen molar-refractivity contribution in [1.29, 1.82) is 0 Å². The second kappa shape index (κ2) is 9.75. The van der Waals surface area contributed by atoms with E-state index in [0.717, 1.165) is 36.8 Å². The van der Waals surface area contributed by atoms with Crippen molar-refractivity contribution in [3.8, 4) is 0 Å². The van der Waals surface area contributed by atoms with Crippen LogP contribution in [0.25, 0.3) is 0 Å². The van der Waals surface area contributed by atoms with Crippen LogP contribution in [-0.2, 0) is 14.6 Å². The molecule has 3 rings (SSSR count). The highest BCUT2D eigenvalue weighted by Crippen LogP contribution is 2.45. The summed E-state index contributed by atoms with van der Waals surface area (Å²) in [5, 5.41) is 14.3. The average Bonchev–Trinajstić information content (AvgIpc) is 2.76. The van der Waals surface area contributed by atoms with Crippen LogP contribution < -0.4 is 5.32 Å². The van der Waals surface area contributed by atoms with E-state index in [4.69, 9.17) is 0 Å². The summed E-state index contributed by atoms with van der Waals surface area (Å²) < 4.78 is 26.3. The summed E-state index contributed by atoms with van der Waals surface area (Å²) in [6.45, 7) is 7.65. The minimum absolute atomic E-state index is 0.0289. The van der Waals surface area contributed by atoms with Gasteiger partial charge in [-0.25, -0.2) is 8.42 Å². The maximum atomic E-state index is 13.1. The Balaban J connectivity index is 1.98. The third-order valence-electron chi connectivity index (χ3n) is 6.30. The molecule has 1 heterocycles. The van der Waals surface area contributed by atoms with Gasteiger partial charge in [-0.1, -0.05) is 69.9 Å². The zero-order valence-electron chi connectivity index (χ0n) is 19.5. The molecule has 0 fully saturated rings. The number of amides is 1. The van der Waals surface area contributed by atoms with Crippen LogP contribution in [0.3, 0.4) is 0 Å². The number of hydrogen-bond acceptors (Lipinski definition) is 4. The van der Waals surface area contributed by atoms with Crippen LogP contribution in [0.15, 0.2) is 47.4 Å². The number of anilines is 1. The first-order chi connectivity index (χ1) is 15.0. The summed E-state index contributed by atoms with van der Waals surface area (Å²) in [6, 6.07) is 12.7. The molecule has 0 spiro atoms. The molecular formula is C26H35NO4S. The number of aryl methyl sites for hydroxylation is 1. The topological polar surface area (TPSA) is 83.5 Å². The fraction of sp³-hybridized carbons (Fsp3) is 0.500. The van der Waals surface area contributed by atoms with Crippen molar-refractivity contribution in [3.05, 3.63) is 59.2 Å². The van der Waals surface area contributed by atoms with Crippen molar-refractivity contribution in [1.82, 2.24) is 0 Å². The van der Waals surface area contributed by atoms with Crippen molar-refractivity contribution in [2.75, 3.05) is 11.1 Å². The number of hydrogen-bond donors (Lipinski definition) is 2. The predicted molar refractivity (Wildman–Crippen MR) is 129 cm³/mol. The third-order valence-corrected chi connectivity index (χ3v) is 8.47. The highest BCUT2D eigenvalue weighted by atomic mass is 32.2. The van der Waals surface area contributed by atoms with Crippen LogP contribution in [0.2, 0.25) is 0 Å². The van der Waals surface area contributed by atoms with Crippen molar-refractivity contribution in [2.45, 2.75) is 76.7 Å². The van der Waals surface area contributed by atoms with Gasteiger partial charge in [0.25, 0.3) is 0 Å². The molecule has 2 aromatic carbocycles. The maximum Gasteiger partial charge on any atom is 0.224 e. The molecule has 5 nitrogen and oxygen atoms in total. The van der Waals surface area contributed by atoms with Gasteiger partial charge in [-0.05, 0) is 42.7 Å². The Morgan fingerprint density at radius 2 is 1.88 bits per heavy atom. The quantitative estimate of drug-likeness (QED) is 0.559. The highest BCUT2D eigenvalue weighted by Gasteiger charge is 2.44. The number of fused-ring (bicyclic) bond motifs is 1. The highest BCUT2D eigenvalue weighted by molar-refractivity contribution is 7.91. The summed E-state index contributed by atoms with van der Waals surface area (Å²) in [7, 11) is -3.55. The number of rotatable bonds is 7. The van der Waals surface area contributed by atoms with E-state index >= 15 is 0 Å². The zero-order valence-corrected chi connectivity index (χ0v) is 20.3.